The molecule has 1 heterocycles. The van der Waals surface area contributed by atoms with Crippen molar-refractivity contribution in [2.75, 3.05) is 0 Å². The predicted octanol–water partition coefficient (Wildman–Crippen LogP) is 4.55. The van der Waals surface area contributed by atoms with Crippen LogP contribution in [0.4, 0.5) is 0 Å². The lowest BCUT2D eigenvalue weighted by atomic mass is 10.1. The zero-order valence-electron chi connectivity index (χ0n) is 10.8. The van der Waals surface area contributed by atoms with E-state index in [-0.39, 0.29) is 5.78 Å². The van der Waals surface area contributed by atoms with Crippen LogP contribution >= 0.6 is 0 Å². The molecule has 0 unspecified atom stereocenters. The van der Waals surface area contributed by atoms with Crippen molar-refractivity contribution in [2.45, 2.75) is 40.0 Å². The smallest absolute Gasteiger partial charge is 0.169 e. The molecule has 0 fully saturated rings. The summed E-state index contributed by atoms with van der Waals surface area (Å²) in [6.45, 7) is 6.27. The highest BCUT2D eigenvalue weighted by atomic mass is 16.3. The van der Waals surface area contributed by atoms with E-state index in [0.717, 1.165) is 12.8 Å². The zero-order valence-corrected chi connectivity index (χ0v) is 10.8. The maximum Gasteiger partial charge on any atom is 0.169 e. The largest absolute Gasteiger partial charge is 0.472 e. The van der Waals surface area contributed by atoms with E-state index >= 15 is 0 Å². The number of carbonyl (C=O) groups is 1. The molecular weight excluding hydrogens is 212 g/mol. The van der Waals surface area contributed by atoms with Gasteiger partial charge in [0.25, 0.3) is 0 Å². The van der Waals surface area contributed by atoms with Gasteiger partial charge < -0.3 is 4.42 Å². The van der Waals surface area contributed by atoms with Crippen molar-refractivity contribution in [1.82, 2.24) is 0 Å². The van der Waals surface area contributed by atoms with Gasteiger partial charge in [0.1, 0.15) is 6.26 Å². The van der Waals surface area contributed by atoms with Crippen LogP contribution in [0.15, 0.2) is 46.3 Å². The van der Waals surface area contributed by atoms with Gasteiger partial charge >= 0.3 is 0 Å². The minimum atomic E-state index is 0.111. The second-order valence-corrected chi connectivity index (χ2v) is 4.51. The van der Waals surface area contributed by atoms with Crippen LogP contribution in [0, 0.1) is 0 Å². The molecule has 0 aliphatic heterocycles. The van der Waals surface area contributed by atoms with Crippen molar-refractivity contribution in [2.24, 2.45) is 0 Å². The SMILES string of the molecule is CC(C)=CCC/C(C)=C\CC(=O)c1ccoc1. The molecule has 0 bridgehead atoms. The maximum atomic E-state index is 11.7. The molecule has 0 radical (unpaired) electrons. The van der Waals surface area contributed by atoms with Gasteiger partial charge in [0.2, 0.25) is 0 Å². The lowest BCUT2D eigenvalue weighted by Gasteiger charge is -1.98. The van der Waals surface area contributed by atoms with Crippen molar-refractivity contribution < 1.29 is 9.21 Å². The average molecular weight is 232 g/mol. The van der Waals surface area contributed by atoms with Crippen molar-refractivity contribution in [1.29, 1.82) is 0 Å². The number of furan rings is 1. The summed E-state index contributed by atoms with van der Waals surface area (Å²) in [5, 5.41) is 0. The fourth-order valence-corrected chi connectivity index (χ4v) is 1.50. The first-order chi connectivity index (χ1) is 8.09. The third-order valence-corrected chi connectivity index (χ3v) is 2.57. The first-order valence-electron chi connectivity index (χ1n) is 5.94. The molecule has 1 aromatic heterocycles. The molecule has 0 saturated heterocycles. The van der Waals surface area contributed by atoms with Crippen LogP contribution < -0.4 is 0 Å². The number of hydrogen-bond donors (Lipinski definition) is 0. The molecule has 2 nitrogen and oxygen atoms in total. The number of hydrogen-bond acceptors (Lipinski definition) is 2. The summed E-state index contributed by atoms with van der Waals surface area (Å²) in [5.74, 6) is 0.111. The third kappa shape index (κ3) is 5.34. The summed E-state index contributed by atoms with van der Waals surface area (Å²) in [6, 6.07) is 1.70. The van der Waals surface area contributed by atoms with Crippen molar-refractivity contribution in [3.63, 3.8) is 0 Å². The molecule has 1 aromatic rings. The van der Waals surface area contributed by atoms with Crippen LogP contribution in [0.1, 0.15) is 50.4 Å². The standard InChI is InChI=1S/C15H20O2/c1-12(2)5-4-6-13(3)7-8-15(16)14-9-10-17-11-14/h5,7,9-11H,4,6,8H2,1-3H3/b13-7-. The van der Waals surface area contributed by atoms with E-state index in [1.165, 1.54) is 23.7 Å². The Labute approximate surface area is 103 Å². The quantitative estimate of drug-likeness (QED) is 0.532. The number of ketones is 1. The first-order valence-corrected chi connectivity index (χ1v) is 5.94. The predicted molar refractivity (Wildman–Crippen MR) is 70.1 cm³/mol. The molecule has 92 valence electrons. The van der Waals surface area contributed by atoms with E-state index < -0.39 is 0 Å². The van der Waals surface area contributed by atoms with Crippen LogP contribution in [0.3, 0.4) is 0 Å². The molecule has 0 N–H and O–H groups in total. The molecule has 2 heteroatoms. The highest BCUT2D eigenvalue weighted by Gasteiger charge is 2.04. The van der Waals surface area contributed by atoms with Gasteiger partial charge in [0.15, 0.2) is 5.78 Å². The number of allylic oxidation sites excluding steroid dienone is 4. The molecular formula is C15H20O2. The second-order valence-electron chi connectivity index (χ2n) is 4.51. The number of rotatable bonds is 6. The van der Waals surface area contributed by atoms with Crippen LogP contribution in [-0.2, 0) is 0 Å². The van der Waals surface area contributed by atoms with Gasteiger partial charge in [0.05, 0.1) is 11.8 Å². The summed E-state index contributed by atoms with van der Waals surface area (Å²) in [6.07, 6.45) is 9.77. The number of carbonyl (C=O) groups excluding carboxylic acids is 1. The van der Waals surface area contributed by atoms with Crippen molar-refractivity contribution >= 4 is 5.78 Å². The van der Waals surface area contributed by atoms with Crippen LogP contribution in [0.25, 0.3) is 0 Å². The van der Waals surface area contributed by atoms with Gasteiger partial charge in [0, 0.05) is 6.42 Å². The molecule has 17 heavy (non-hydrogen) atoms. The van der Waals surface area contributed by atoms with Gasteiger partial charge in [-0.15, -0.1) is 0 Å². The van der Waals surface area contributed by atoms with E-state index in [1.54, 1.807) is 6.07 Å². The Balaban J connectivity index is 2.37. The fraction of sp³-hybridized carbons (Fsp3) is 0.400. The third-order valence-electron chi connectivity index (χ3n) is 2.57. The summed E-state index contributed by atoms with van der Waals surface area (Å²) >= 11 is 0. The zero-order chi connectivity index (χ0) is 12.7. The minimum absolute atomic E-state index is 0.111. The highest BCUT2D eigenvalue weighted by Crippen LogP contribution is 2.10. The van der Waals surface area contributed by atoms with Crippen LogP contribution in [0.5, 0.6) is 0 Å². The molecule has 0 amide bonds. The fourth-order valence-electron chi connectivity index (χ4n) is 1.50. The van der Waals surface area contributed by atoms with Crippen molar-refractivity contribution in [3.05, 3.63) is 47.5 Å². The molecule has 1 rings (SSSR count). The van der Waals surface area contributed by atoms with E-state index in [0.29, 0.717) is 12.0 Å². The van der Waals surface area contributed by atoms with E-state index in [2.05, 4.69) is 26.8 Å². The summed E-state index contributed by atoms with van der Waals surface area (Å²) < 4.78 is 4.88. The lowest BCUT2D eigenvalue weighted by molar-refractivity contribution is 0.0995. The molecule has 0 spiro atoms. The topological polar surface area (TPSA) is 30.2 Å². The second kappa shape index (κ2) is 6.89. The Morgan fingerprint density at radius 2 is 2.06 bits per heavy atom. The van der Waals surface area contributed by atoms with Crippen LogP contribution in [0.2, 0.25) is 0 Å². The molecule has 0 aromatic carbocycles. The highest BCUT2D eigenvalue weighted by molar-refractivity contribution is 5.96. The lowest BCUT2D eigenvalue weighted by Crippen LogP contribution is -1.94. The normalized spacial score (nSPS) is 11.4. The van der Waals surface area contributed by atoms with E-state index in [1.807, 2.05) is 6.08 Å². The molecule has 0 aliphatic carbocycles. The monoisotopic (exact) mass is 232 g/mol. The Hall–Kier alpha value is -1.57. The Kier molecular flexibility index (Phi) is 5.47. The van der Waals surface area contributed by atoms with Gasteiger partial charge in [-0.05, 0) is 39.7 Å². The summed E-state index contributed by atoms with van der Waals surface area (Å²) in [5.41, 5.74) is 3.25. The summed E-state index contributed by atoms with van der Waals surface area (Å²) in [4.78, 5) is 11.7. The maximum absolute atomic E-state index is 11.7. The molecule has 0 atom stereocenters. The minimum Gasteiger partial charge on any atom is -0.472 e. The van der Waals surface area contributed by atoms with Crippen LogP contribution in [-0.4, -0.2) is 5.78 Å². The Morgan fingerprint density at radius 1 is 1.29 bits per heavy atom. The summed E-state index contributed by atoms with van der Waals surface area (Å²) in [7, 11) is 0. The van der Waals surface area contributed by atoms with Gasteiger partial charge in [-0.1, -0.05) is 23.3 Å². The Bertz CT molecular complexity index is 404. The number of Topliss-reactive ketones (excluding diaryl/α,β-unsaturated/α-hetero) is 1. The van der Waals surface area contributed by atoms with E-state index in [4.69, 9.17) is 4.42 Å². The first kappa shape index (κ1) is 13.5. The molecule has 0 aliphatic rings. The van der Waals surface area contributed by atoms with Crippen molar-refractivity contribution in [3.8, 4) is 0 Å². The van der Waals surface area contributed by atoms with E-state index in [9.17, 15) is 4.79 Å². The Morgan fingerprint density at radius 3 is 2.65 bits per heavy atom. The van der Waals surface area contributed by atoms with Gasteiger partial charge in [-0.25, -0.2) is 0 Å². The molecule has 0 saturated carbocycles. The average Bonchev–Trinajstić information content (AvgIpc) is 2.78. The van der Waals surface area contributed by atoms with Gasteiger partial charge in [-0.2, -0.15) is 0 Å². The van der Waals surface area contributed by atoms with Gasteiger partial charge in [-0.3, -0.25) is 4.79 Å².